The Morgan fingerprint density at radius 1 is 1.35 bits per heavy atom. The van der Waals surface area contributed by atoms with Crippen LogP contribution >= 0.6 is 11.6 Å². The third kappa shape index (κ3) is 3.89. The molecule has 0 saturated heterocycles. The van der Waals surface area contributed by atoms with Gasteiger partial charge in [0.15, 0.2) is 0 Å². The van der Waals surface area contributed by atoms with E-state index in [1.54, 1.807) is 15.9 Å². The van der Waals surface area contributed by atoms with Crippen molar-refractivity contribution < 1.29 is 4.79 Å². The Morgan fingerprint density at radius 3 is 2.53 bits per heavy atom. The molecular weight excluding hydrogens is 238 g/mol. The van der Waals surface area contributed by atoms with Gasteiger partial charge in [0.25, 0.3) is 0 Å². The minimum absolute atomic E-state index is 0.0966. The first-order valence-corrected chi connectivity index (χ1v) is 6.07. The van der Waals surface area contributed by atoms with Crippen molar-refractivity contribution in [3.63, 3.8) is 0 Å². The van der Waals surface area contributed by atoms with E-state index in [4.69, 9.17) is 11.6 Å². The van der Waals surface area contributed by atoms with Gasteiger partial charge in [0.05, 0.1) is 6.54 Å². The largest absolute Gasteiger partial charge is 0.350 e. The summed E-state index contributed by atoms with van der Waals surface area (Å²) in [7, 11) is 1.83. The molecule has 0 spiro atoms. The van der Waals surface area contributed by atoms with Crippen molar-refractivity contribution in [2.45, 2.75) is 13.8 Å². The van der Waals surface area contributed by atoms with Gasteiger partial charge in [-0.3, -0.25) is 4.79 Å². The number of halogens is 1. The average molecular weight is 256 g/mol. The maximum Gasteiger partial charge on any atom is 0.242 e. The van der Waals surface area contributed by atoms with E-state index in [1.165, 1.54) is 0 Å². The molecule has 1 aromatic heterocycles. The fraction of sp³-hybridized carbons (Fsp3) is 0.500. The maximum absolute atomic E-state index is 11.9. The molecule has 0 radical (unpaired) electrons. The van der Waals surface area contributed by atoms with Crippen LogP contribution in [0.2, 0.25) is 5.15 Å². The molecule has 0 aliphatic heterocycles. The zero-order valence-electron chi connectivity index (χ0n) is 10.5. The molecule has 1 rings (SSSR count). The first-order chi connectivity index (χ1) is 8.08. The van der Waals surface area contributed by atoms with E-state index in [1.807, 2.05) is 33.0 Å². The van der Waals surface area contributed by atoms with Crippen LogP contribution in [-0.2, 0) is 4.79 Å². The lowest BCUT2D eigenvalue weighted by molar-refractivity contribution is -0.129. The molecule has 0 atom stereocenters. The molecule has 0 saturated carbocycles. The minimum atomic E-state index is 0.0966. The Morgan fingerprint density at radius 2 is 2.00 bits per heavy atom. The number of carbonyl (C=O) groups is 1. The third-order valence-electron chi connectivity index (χ3n) is 2.58. The minimum Gasteiger partial charge on any atom is -0.350 e. The highest BCUT2D eigenvalue weighted by molar-refractivity contribution is 6.29. The van der Waals surface area contributed by atoms with E-state index in [0.717, 1.165) is 13.1 Å². The Hall–Kier alpha value is -1.29. The number of rotatable bonds is 5. The van der Waals surface area contributed by atoms with Crippen LogP contribution in [0.1, 0.15) is 13.8 Å². The molecular formula is C12H18ClN3O. The van der Waals surface area contributed by atoms with Crippen molar-refractivity contribution in [1.29, 1.82) is 0 Å². The van der Waals surface area contributed by atoms with Crippen LogP contribution in [0.4, 0.5) is 5.82 Å². The molecule has 0 aliphatic carbocycles. The first kappa shape index (κ1) is 13.8. The lowest BCUT2D eigenvalue weighted by atomic mass is 10.4. The predicted molar refractivity (Wildman–Crippen MR) is 70.4 cm³/mol. The summed E-state index contributed by atoms with van der Waals surface area (Å²) in [6, 6.07) is 5.37. The Balaban J connectivity index is 2.66. The number of amides is 1. The summed E-state index contributed by atoms with van der Waals surface area (Å²) in [5.41, 5.74) is 0. The van der Waals surface area contributed by atoms with Gasteiger partial charge in [0, 0.05) is 20.1 Å². The highest BCUT2D eigenvalue weighted by atomic mass is 35.5. The molecule has 1 aromatic rings. The summed E-state index contributed by atoms with van der Waals surface area (Å²) in [6.45, 7) is 5.71. The summed E-state index contributed by atoms with van der Waals surface area (Å²) in [5, 5.41) is 0.435. The van der Waals surface area contributed by atoms with E-state index in [-0.39, 0.29) is 5.91 Å². The third-order valence-corrected chi connectivity index (χ3v) is 2.79. The summed E-state index contributed by atoms with van der Waals surface area (Å²) >= 11 is 5.81. The Kier molecular flexibility index (Phi) is 5.22. The number of pyridine rings is 1. The zero-order valence-corrected chi connectivity index (χ0v) is 11.2. The predicted octanol–water partition coefficient (Wildman–Crippen LogP) is 2.04. The quantitative estimate of drug-likeness (QED) is 0.756. The molecule has 1 heterocycles. The molecule has 0 aromatic carbocycles. The molecule has 0 bridgehead atoms. The highest BCUT2D eigenvalue weighted by Crippen LogP contribution is 2.12. The van der Waals surface area contributed by atoms with Crippen LogP contribution in [0.15, 0.2) is 18.2 Å². The van der Waals surface area contributed by atoms with E-state index >= 15 is 0 Å². The normalized spacial score (nSPS) is 10.1. The van der Waals surface area contributed by atoms with Crippen molar-refractivity contribution in [3.8, 4) is 0 Å². The smallest absolute Gasteiger partial charge is 0.242 e. The standard InChI is InChI=1S/C12H18ClN3O/c1-4-16(5-2)12(17)9-15(3)11-8-6-7-10(13)14-11/h6-8H,4-5,9H2,1-3H3. The highest BCUT2D eigenvalue weighted by Gasteiger charge is 2.13. The number of hydrogen-bond donors (Lipinski definition) is 0. The van der Waals surface area contributed by atoms with Crippen LogP contribution in [-0.4, -0.2) is 42.5 Å². The molecule has 0 unspecified atom stereocenters. The van der Waals surface area contributed by atoms with Crippen LogP contribution < -0.4 is 4.90 Å². The van der Waals surface area contributed by atoms with Crippen LogP contribution in [0.5, 0.6) is 0 Å². The zero-order chi connectivity index (χ0) is 12.8. The van der Waals surface area contributed by atoms with Crippen molar-refractivity contribution in [2.75, 3.05) is 31.6 Å². The molecule has 4 nitrogen and oxygen atoms in total. The summed E-state index contributed by atoms with van der Waals surface area (Å²) < 4.78 is 0. The fourth-order valence-electron chi connectivity index (χ4n) is 1.57. The number of hydrogen-bond acceptors (Lipinski definition) is 3. The second-order valence-corrected chi connectivity index (χ2v) is 4.13. The molecule has 17 heavy (non-hydrogen) atoms. The lowest BCUT2D eigenvalue weighted by Crippen LogP contribution is -2.39. The average Bonchev–Trinajstić information content (AvgIpc) is 2.30. The monoisotopic (exact) mass is 255 g/mol. The lowest BCUT2D eigenvalue weighted by Gasteiger charge is -2.23. The van der Waals surface area contributed by atoms with Crippen molar-refractivity contribution >= 4 is 23.3 Å². The first-order valence-electron chi connectivity index (χ1n) is 5.70. The number of nitrogens with zero attached hydrogens (tertiary/aromatic N) is 3. The summed E-state index contributed by atoms with van der Waals surface area (Å²) in [4.78, 5) is 19.6. The van der Waals surface area contributed by atoms with Gasteiger partial charge in [-0.2, -0.15) is 0 Å². The molecule has 94 valence electrons. The van der Waals surface area contributed by atoms with E-state index < -0.39 is 0 Å². The van der Waals surface area contributed by atoms with Crippen molar-refractivity contribution in [1.82, 2.24) is 9.88 Å². The van der Waals surface area contributed by atoms with Crippen LogP contribution in [0.25, 0.3) is 0 Å². The SMILES string of the molecule is CCN(CC)C(=O)CN(C)c1cccc(Cl)n1. The topological polar surface area (TPSA) is 36.4 Å². The van der Waals surface area contributed by atoms with Gasteiger partial charge in [-0.25, -0.2) is 4.98 Å². The van der Waals surface area contributed by atoms with Gasteiger partial charge >= 0.3 is 0 Å². The van der Waals surface area contributed by atoms with E-state index in [9.17, 15) is 4.79 Å². The molecule has 0 fully saturated rings. The summed E-state index contributed by atoms with van der Waals surface area (Å²) in [5.74, 6) is 0.803. The van der Waals surface area contributed by atoms with Gasteiger partial charge in [0.2, 0.25) is 5.91 Å². The van der Waals surface area contributed by atoms with Gasteiger partial charge in [0.1, 0.15) is 11.0 Å². The Labute approximate surface area is 107 Å². The fourth-order valence-corrected chi connectivity index (χ4v) is 1.73. The molecule has 0 aliphatic rings. The van der Waals surface area contributed by atoms with Gasteiger partial charge in [-0.1, -0.05) is 17.7 Å². The number of aromatic nitrogens is 1. The maximum atomic E-state index is 11.9. The van der Waals surface area contributed by atoms with Gasteiger partial charge in [-0.05, 0) is 26.0 Å². The van der Waals surface area contributed by atoms with Crippen molar-refractivity contribution in [2.24, 2.45) is 0 Å². The number of carbonyl (C=O) groups excluding carboxylic acids is 1. The van der Waals surface area contributed by atoms with Gasteiger partial charge in [-0.15, -0.1) is 0 Å². The number of likely N-dealkylation sites (N-methyl/N-ethyl adjacent to an activating group) is 2. The molecule has 0 N–H and O–H groups in total. The van der Waals surface area contributed by atoms with Crippen molar-refractivity contribution in [3.05, 3.63) is 23.4 Å². The number of anilines is 1. The summed E-state index contributed by atoms with van der Waals surface area (Å²) in [6.07, 6.45) is 0. The second-order valence-electron chi connectivity index (χ2n) is 3.74. The molecule has 1 amide bonds. The second kappa shape index (κ2) is 6.45. The van der Waals surface area contributed by atoms with Gasteiger partial charge < -0.3 is 9.80 Å². The van der Waals surface area contributed by atoms with Crippen LogP contribution in [0.3, 0.4) is 0 Å². The molecule has 5 heteroatoms. The van der Waals surface area contributed by atoms with E-state index in [2.05, 4.69) is 4.98 Å². The van der Waals surface area contributed by atoms with Crippen LogP contribution in [0, 0.1) is 0 Å². The van der Waals surface area contributed by atoms with E-state index in [0.29, 0.717) is 17.5 Å². The Bertz CT molecular complexity index is 380.